The first-order valence-corrected chi connectivity index (χ1v) is 8.60. The first-order chi connectivity index (χ1) is 9.83. The molecule has 3 heteroatoms. The zero-order valence-corrected chi connectivity index (χ0v) is 12.9. The minimum absolute atomic E-state index is 0.636. The summed E-state index contributed by atoms with van der Waals surface area (Å²) >= 11 is 0. The van der Waals surface area contributed by atoms with E-state index in [2.05, 4.69) is 29.2 Å². The van der Waals surface area contributed by atoms with Crippen LogP contribution in [0.15, 0.2) is 12.3 Å². The van der Waals surface area contributed by atoms with Crippen LogP contribution >= 0.6 is 0 Å². The van der Waals surface area contributed by atoms with Gasteiger partial charge in [0.1, 0.15) is 0 Å². The van der Waals surface area contributed by atoms with Crippen molar-refractivity contribution in [3.63, 3.8) is 0 Å². The molecule has 0 aliphatic heterocycles. The van der Waals surface area contributed by atoms with E-state index < -0.39 is 0 Å². The van der Waals surface area contributed by atoms with E-state index in [1.54, 1.807) is 0 Å². The monoisotopic (exact) mass is 275 g/mol. The van der Waals surface area contributed by atoms with Gasteiger partial charge >= 0.3 is 0 Å². The van der Waals surface area contributed by atoms with Gasteiger partial charge in [0.15, 0.2) is 0 Å². The highest BCUT2D eigenvalue weighted by Crippen LogP contribution is 2.28. The molecule has 0 spiro atoms. The third-order valence-electron chi connectivity index (χ3n) is 5.32. The predicted molar refractivity (Wildman–Crippen MR) is 82.6 cm³/mol. The molecule has 0 bridgehead atoms. The molecule has 112 valence electrons. The lowest BCUT2D eigenvalue weighted by Crippen LogP contribution is -2.31. The van der Waals surface area contributed by atoms with Crippen molar-refractivity contribution in [2.45, 2.75) is 83.3 Å². The molecule has 0 radical (unpaired) electrons. The van der Waals surface area contributed by atoms with Gasteiger partial charge in [0.2, 0.25) is 0 Å². The zero-order valence-electron chi connectivity index (χ0n) is 12.9. The van der Waals surface area contributed by atoms with Gasteiger partial charge in [-0.25, -0.2) is 0 Å². The molecular weight excluding hydrogens is 246 g/mol. The van der Waals surface area contributed by atoms with Gasteiger partial charge in [-0.3, -0.25) is 4.68 Å². The number of rotatable bonds is 5. The fourth-order valence-corrected chi connectivity index (χ4v) is 3.91. The van der Waals surface area contributed by atoms with Crippen molar-refractivity contribution in [2.75, 3.05) is 0 Å². The average Bonchev–Trinajstić information content (AvgIpc) is 3.17. The molecular formula is C17H29N3. The molecule has 3 nitrogen and oxygen atoms in total. The fourth-order valence-electron chi connectivity index (χ4n) is 3.91. The van der Waals surface area contributed by atoms with Gasteiger partial charge in [0.25, 0.3) is 0 Å². The zero-order chi connectivity index (χ0) is 13.8. The topological polar surface area (TPSA) is 29.9 Å². The summed E-state index contributed by atoms with van der Waals surface area (Å²) in [7, 11) is 0. The number of hydrogen-bond acceptors (Lipinski definition) is 2. The number of nitrogens with one attached hydrogen (secondary N) is 1. The van der Waals surface area contributed by atoms with Crippen LogP contribution in [-0.2, 0) is 6.54 Å². The van der Waals surface area contributed by atoms with Crippen LogP contribution in [0, 0.1) is 5.92 Å². The van der Waals surface area contributed by atoms with Gasteiger partial charge in [0.05, 0.1) is 11.7 Å². The molecule has 2 aliphatic rings. The highest BCUT2D eigenvalue weighted by atomic mass is 15.3. The Bertz CT molecular complexity index is 400. The molecule has 2 fully saturated rings. The molecule has 2 aliphatic carbocycles. The van der Waals surface area contributed by atoms with Crippen LogP contribution in [0.3, 0.4) is 0 Å². The van der Waals surface area contributed by atoms with Crippen LogP contribution in [0.4, 0.5) is 0 Å². The second-order valence-corrected chi connectivity index (χ2v) is 6.79. The molecule has 1 aromatic heterocycles. The summed E-state index contributed by atoms with van der Waals surface area (Å²) in [5.41, 5.74) is 1.21. The molecule has 0 unspecified atom stereocenters. The molecule has 1 N–H and O–H groups in total. The molecule has 1 aromatic rings. The summed E-state index contributed by atoms with van der Waals surface area (Å²) in [6.45, 7) is 3.27. The van der Waals surface area contributed by atoms with Crippen molar-refractivity contribution < 1.29 is 0 Å². The average molecular weight is 275 g/mol. The Morgan fingerprint density at radius 1 is 1.15 bits per heavy atom. The van der Waals surface area contributed by atoms with E-state index in [1.807, 2.05) is 0 Å². The van der Waals surface area contributed by atoms with E-state index in [-0.39, 0.29) is 0 Å². The van der Waals surface area contributed by atoms with Gasteiger partial charge in [-0.15, -0.1) is 0 Å². The standard InChI is InChI=1S/C17H29N3/c1-14(15-7-5-6-8-15)18-13-16-11-12-20(19-16)17-9-3-2-4-10-17/h11-12,14-15,17-18H,2-10,13H2,1H3/t14-/m0/s1. The van der Waals surface area contributed by atoms with Gasteiger partial charge in [-0.2, -0.15) is 5.10 Å². The smallest absolute Gasteiger partial charge is 0.0762 e. The predicted octanol–water partition coefficient (Wildman–Crippen LogP) is 4.06. The Labute approximate surface area is 123 Å². The summed E-state index contributed by atoms with van der Waals surface area (Å²) < 4.78 is 2.22. The first-order valence-electron chi connectivity index (χ1n) is 8.60. The Hall–Kier alpha value is -0.830. The van der Waals surface area contributed by atoms with Crippen molar-refractivity contribution in [3.8, 4) is 0 Å². The van der Waals surface area contributed by atoms with Crippen molar-refractivity contribution in [1.82, 2.24) is 15.1 Å². The lowest BCUT2D eigenvalue weighted by molar-refractivity contribution is 0.326. The summed E-state index contributed by atoms with van der Waals surface area (Å²) in [6.07, 6.45) is 14.6. The highest BCUT2D eigenvalue weighted by molar-refractivity contribution is 5.00. The molecule has 1 heterocycles. The Kier molecular flexibility index (Phi) is 4.77. The first kappa shape index (κ1) is 14.1. The summed E-state index contributed by atoms with van der Waals surface area (Å²) in [5, 5.41) is 8.47. The molecule has 0 amide bonds. The maximum atomic E-state index is 4.79. The molecule has 3 rings (SSSR count). The van der Waals surface area contributed by atoms with E-state index in [4.69, 9.17) is 5.10 Å². The third kappa shape index (κ3) is 3.43. The largest absolute Gasteiger partial charge is 0.308 e. The van der Waals surface area contributed by atoms with Gasteiger partial charge in [-0.1, -0.05) is 32.1 Å². The summed E-state index contributed by atoms with van der Waals surface area (Å²) in [4.78, 5) is 0. The van der Waals surface area contributed by atoms with Crippen LogP contribution < -0.4 is 5.32 Å². The van der Waals surface area contributed by atoms with Gasteiger partial charge in [0, 0.05) is 18.8 Å². The van der Waals surface area contributed by atoms with Crippen LogP contribution in [-0.4, -0.2) is 15.8 Å². The Balaban J connectivity index is 1.49. The van der Waals surface area contributed by atoms with Crippen LogP contribution in [0.1, 0.15) is 76.4 Å². The second-order valence-electron chi connectivity index (χ2n) is 6.79. The van der Waals surface area contributed by atoms with Crippen LogP contribution in [0.2, 0.25) is 0 Å². The van der Waals surface area contributed by atoms with Crippen LogP contribution in [0.25, 0.3) is 0 Å². The minimum atomic E-state index is 0.636. The van der Waals surface area contributed by atoms with Crippen molar-refractivity contribution in [1.29, 1.82) is 0 Å². The molecule has 0 saturated heterocycles. The SMILES string of the molecule is C[C@H](NCc1ccn(C2CCCCC2)n1)C1CCCC1. The van der Waals surface area contributed by atoms with E-state index in [9.17, 15) is 0 Å². The fraction of sp³-hybridized carbons (Fsp3) is 0.824. The van der Waals surface area contributed by atoms with Gasteiger partial charge in [-0.05, 0) is 44.6 Å². The van der Waals surface area contributed by atoms with Crippen molar-refractivity contribution in [2.24, 2.45) is 5.92 Å². The maximum absolute atomic E-state index is 4.79. The minimum Gasteiger partial charge on any atom is -0.308 e. The van der Waals surface area contributed by atoms with Gasteiger partial charge < -0.3 is 5.32 Å². The second kappa shape index (κ2) is 6.75. The Morgan fingerprint density at radius 3 is 2.60 bits per heavy atom. The number of aromatic nitrogens is 2. The molecule has 0 aromatic carbocycles. The Morgan fingerprint density at radius 2 is 1.85 bits per heavy atom. The van der Waals surface area contributed by atoms with E-state index in [0.717, 1.165) is 12.5 Å². The number of hydrogen-bond donors (Lipinski definition) is 1. The lowest BCUT2D eigenvalue weighted by atomic mass is 9.96. The maximum Gasteiger partial charge on any atom is 0.0762 e. The normalized spacial score (nSPS) is 23.2. The molecule has 2 saturated carbocycles. The lowest BCUT2D eigenvalue weighted by Gasteiger charge is -2.22. The third-order valence-corrected chi connectivity index (χ3v) is 5.32. The quantitative estimate of drug-likeness (QED) is 0.878. The molecule has 1 atom stereocenters. The summed E-state index contributed by atoms with van der Waals surface area (Å²) in [5.74, 6) is 0.885. The summed E-state index contributed by atoms with van der Waals surface area (Å²) in [6, 6.07) is 3.49. The van der Waals surface area contributed by atoms with Crippen molar-refractivity contribution >= 4 is 0 Å². The number of nitrogens with zero attached hydrogens (tertiary/aromatic N) is 2. The molecule has 20 heavy (non-hydrogen) atoms. The van der Waals surface area contributed by atoms with E-state index in [0.29, 0.717) is 12.1 Å². The van der Waals surface area contributed by atoms with Crippen molar-refractivity contribution in [3.05, 3.63) is 18.0 Å². The van der Waals surface area contributed by atoms with E-state index >= 15 is 0 Å². The van der Waals surface area contributed by atoms with Crippen LogP contribution in [0.5, 0.6) is 0 Å². The van der Waals surface area contributed by atoms with E-state index in [1.165, 1.54) is 63.5 Å². The highest BCUT2D eigenvalue weighted by Gasteiger charge is 2.21.